The number of rotatable bonds is 10. The number of unbranched alkanes of at least 4 members (excludes halogenated alkanes) is 1. The van der Waals surface area contributed by atoms with Crippen LogP contribution in [0.5, 0.6) is 0 Å². The van der Waals surface area contributed by atoms with Gasteiger partial charge >= 0.3 is 5.97 Å². The monoisotopic (exact) mass is 243 g/mol. The molecule has 0 aromatic rings. The first-order valence-corrected chi connectivity index (χ1v) is 6.58. The van der Waals surface area contributed by atoms with Crippen molar-refractivity contribution in [1.82, 2.24) is 5.32 Å². The number of aliphatic carboxylic acids is 1. The average Bonchev–Trinajstić information content (AvgIpc) is 2.29. The highest BCUT2D eigenvalue weighted by Gasteiger charge is 2.08. The number of carbonyl (C=O) groups excluding carboxylic acids is 1. The maximum atomic E-state index is 11.4. The standard InChI is InChI=1S/C13H25NO3/c1-3-5-7-11(4-2)10-14-12(15)8-6-9-13(16)17/h11H,3-10H2,1-2H3,(H,14,15)(H,16,17)/t11-/m1/s1. The Morgan fingerprint density at radius 2 is 1.88 bits per heavy atom. The summed E-state index contributed by atoms with van der Waals surface area (Å²) in [6, 6.07) is 0. The summed E-state index contributed by atoms with van der Waals surface area (Å²) in [4.78, 5) is 21.7. The minimum atomic E-state index is -0.841. The molecule has 1 atom stereocenters. The third kappa shape index (κ3) is 9.85. The molecule has 0 saturated heterocycles. The van der Waals surface area contributed by atoms with Crippen LogP contribution < -0.4 is 5.32 Å². The summed E-state index contributed by atoms with van der Waals surface area (Å²) in [7, 11) is 0. The highest BCUT2D eigenvalue weighted by Crippen LogP contribution is 2.11. The van der Waals surface area contributed by atoms with E-state index >= 15 is 0 Å². The Labute approximate surface area is 104 Å². The van der Waals surface area contributed by atoms with Crippen LogP contribution in [0.3, 0.4) is 0 Å². The van der Waals surface area contributed by atoms with Gasteiger partial charge in [0.25, 0.3) is 0 Å². The molecule has 0 bridgehead atoms. The van der Waals surface area contributed by atoms with Gasteiger partial charge in [-0.25, -0.2) is 0 Å². The molecule has 0 aliphatic rings. The summed E-state index contributed by atoms with van der Waals surface area (Å²) < 4.78 is 0. The van der Waals surface area contributed by atoms with Gasteiger partial charge in [0.05, 0.1) is 0 Å². The lowest BCUT2D eigenvalue weighted by Crippen LogP contribution is -2.29. The van der Waals surface area contributed by atoms with Crippen molar-refractivity contribution in [1.29, 1.82) is 0 Å². The van der Waals surface area contributed by atoms with Gasteiger partial charge in [-0.2, -0.15) is 0 Å². The summed E-state index contributed by atoms with van der Waals surface area (Å²) in [6.07, 6.45) is 5.43. The van der Waals surface area contributed by atoms with Crippen LogP contribution >= 0.6 is 0 Å². The van der Waals surface area contributed by atoms with Crippen molar-refractivity contribution in [2.45, 2.75) is 58.8 Å². The van der Waals surface area contributed by atoms with Gasteiger partial charge in [-0.1, -0.05) is 33.1 Å². The molecule has 17 heavy (non-hydrogen) atoms. The van der Waals surface area contributed by atoms with Crippen LogP contribution in [0.4, 0.5) is 0 Å². The Morgan fingerprint density at radius 3 is 2.41 bits per heavy atom. The van der Waals surface area contributed by atoms with Crippen LogP contribution in [0, 0.1) is 5.92 Å². The maximum absolute atomic E-state index is 11.4. The number of hydrogen-bond donors (Lipinski definition) is 2. The van der Waals surface area contributed by atoms with Crippen LogP contribution in [-0.4, -0.2) is 23.5 Å². The second kappa shape index (κ2) is 10.1. The molecule has 0 spiro atoms. The molecule has 0 unspecified atom stereocenters. The normalized spacial score (nSPS) is 12.1. The highest BCUT2D eigenvalue weighted by molar-refractivity contribution is 5.76. The molecule has 0 aliphatic heterocycles. The fraction of sp³-hybridized carbons (Fsp3) is 0.846. The van der Waals surface area contributed by atoms with Gasteiger partial charge in [0, 0.05) is 19.4 Å². The quantitative estimate of drug-likeness (QED) is 0.619. The van der Waals surface area contributed by atoms with Gasteiger partial charge in [-0.3, -0.25) is 9.59 Å². The number of carboxylic acid groups (broad SMARTS) is 1. The zero-order valence-electron chi connectivity index (χ0n) is 11.0. The van der Waals surface area contributed by atoms with E-state index in [1.54, 1.807) is 0 Å². The van der Waals surface area contributed by atoms with Gasteiger partial charge in [-0.05, 0) is 18.8 Å². The van der Waals surface area contributed by atoms with Gasteiger partial charge < -0.3 is 10.4 Å². The molecular formula is C13H25NO3. The lowest BCUT2D eigenvalue weighted by molar-refractivity contribution is -0.137. The average molecular weight is 243 g/mol. The highest BCUT2D eigenvalue weighted by atomic mass is 16.4. The number of carboxylic acids is 1. The molecule has 100 valence electrons. The van der Waals surface area contributed by atoms with Crippen molar-refractivity contribution in [3.8, 4) is 0 Å². The second-order valence-corrected chi connectivity index (χ2v) is 4.47. The second-order valence-electron chi connectivity index (χ2n) is 4.47. The Kier molecular flexibility index (Phi) is 9.49. The molecule has 2 N–H and O–H groups in total. The molecular weight excluding hydrogens is 218 g/mol. The van der Waals surface area contributed by atoms with E-state index in [-0.39, 0.29) is 12.3 Å². The van der Waals surface area contributed by atoms with Crippen molar-refractivity contribution in [3.63, 3.8) is 0 Å². The van der Waals surface area contributed by atoms with Crippen molar-refractivity contribution < 1.29 is 14.7 Å². The van der Waals surface area contributed by atoms with Gasteiger partial charge in [0.1, 0.15) is 0 Å². The molecule has 0 rings (SSSR count). The zero-order valence-corrected chi connectivity index (χ0v) is 11.0. The van der Waals surface area contributed by atoms with Gasteiger partial charge in [0.2, 0.25) is 5.91 Å². The fourth-order valence-corrected chi connectivity index (χ4v) is 1.69. The van der Waals surface area contributed by atoms with E-state index in [0.717, 1.165) is 19.4 Å². The Balaban J connectivity index is 3.62. The van der Waals surface area contributed by atoms with Crippen LogP contribution in [0.25, 0.3) is 0 Å². The molecule has 0 saturated carbocycles. The molecule has 0 aromatic heterocycles. The molecule has 0 aliphatic carbocycles. The van der Waals surface area contributed by atoms with E-state index in [4.69, 9.17) is 5.11 Å². The Morgan fingerprint density at radius 1 is 1.18 bits per heavy atom. The molecule has 0 heterocycles. The van der Waals surface area contributed by atoms with E-state index in [0.29, 0.717) is 18.8 Å². The van der Waals surface area contributed by atoms with Gasteiger partial charge in [0.15, 0.2) is 0 Å². The van der Waals surface area contributed by atoms with E-state index in [1.165, 1.54) is 12.8 Å². The minimum absolute atomic E-state index is 0.0267. The predicted octanol–water partition coefficient (Wildman–Crippen LogP) is 2.57. The lowest BCUT2D eigenvalue weighted by Gasteiger charge is -2.15. The van der Waals surface area contributed by atoms with E-state index < -0.39 is 5.97 Å². The van der Waals surface area contributed by atoms with E-state index in [2.05, 4.69) is 19.2 Å². The van der Waals surface area contributed by atoms with E-state index in [9.17, 15) is 9.59 Å². The third-order valence-electron chi connectivity index (χ3n) is 2.93. The van der Waals surface area contributed by atoms with Crippen molar-refractivity contribution in [2.24, 2.45) is 5.92 Å². The Bertz CT molecular complexity index is 229. The van der Waals surface area contributed by atoms with Crippen molar-refractivity contribution in [3.05, 3.63) is 0 Å². The number of carbonyl (C=O) groups is 2. The summed E-state index contributed by atoms with van der Waals surface area (Å²) in [5, 5.41) is 11.3. The SMILES string of the molecule is CCCC[C@@H](CC)CNC(=O)CCCC(=O)O. The molecule has 4 nitrogen and oxygen atoms in total. The summed E-state index contributed by atoms with van der Waals surface area (Å²) in [6.45, 7) is 5.02. The summed E-state index contributed by atoms with van der Waals surface area (Å²) in [5.74, 6) is -0.313. The smallest absolute Gasteiger partial charge is 0.303 e. The predicted molar refractivity (Wildman–Crippen MR) is 67.8 cm³/mol. The maximum Gasteiger partial charge on any atom is 0.303 e. The van der Waals surface area contributed by atoms with Crippen molar-refractivity contribution >= 4 is 11.9 Å². The lowest BCUT2D eigenvalue weighted by atomic mass is 9.99. The summed E-state index contributed by atoms with van der Waals surface area (Å²) >= 11 is 0. The third-order valence-corrected chi connectivity index (χ3v) is 2.93. The van der Waals surface area contributed by atoms with Crippen LogP contribution in [-0.2, 0) is 9.59 Å². The van der Waals surface area contributed by atoms with E-state index in [1.807, 2.05) is 0 Å². The number of hydrogen-bond acceptors (Lipinski definition) is 2. The minimum Gasteiger partial charge on any atom is -0.481 e. The molecule has 1 amide bonds. The fourth-order valence-electron chi connectivity index (χ4n) is 1.69. The zero-order chi connectivity index (χ0) is 13.1. The first-order valence-electron chi connectivity index (χ1n) is 6.58. The molecule has 4 heteroatoms. The molecule has 0 aromatic carbocycles. The van der Waals surface area contributed by atoms with Crippen LogP contribution in [0.1, 0.15) is 58.8 Å². The van der Waals surface area contributed by atoms with Crippen LogP contribution in [0.15, 0.2) is 0 Å². The molecule has 0 radical (unpaired) electrons. The Hall–Kier alpha value is -1.06. The topological polar surface area (TPSA) is 66.4 Å². The molecule has 0 fully saturated rings. The largest absolute Gasteiger partial charge is 0.481 e. The summed E-state index contributed by atoms with van der Waals surface area (Å²) in [5.41, 5.74) is 0. The first kappa shape index (κ1) is 15.9. The van der Waals surface area contributed by atoms with Crippen molar-refractivity contribution in [2.75, 3.05) is 6.54 Å². The number of nitrogens with one attached hydrogen (secondary N) is 1. The van der Waals surface area contributed by atoms with Gasteiger partial charge in [-0.15, -0.1) is 0 Å². The first-order chi connectivity index (χ1) is 8.10. The number of amides is 1. The van der Waals surface area contributed by atoms with Crippen LogP contribution in [0.2, 0.25) is 0 Å².